The number of ether oxygens (including phenoxy) is 1. The second kappa shape index (κ2) is 4.97. The number of hydrogen-bond acceptors (Lipinski definition) is 2. The van der Waals surface area contributed by atoms with Crippen LogP contribution in [-0.4, -0.2) is 6.61 Å². The van der Waals surface area contributed by atoms with E-state index in [4.69, 9.17) is 5.26 Å². The third-order valence-corrected chi connectivity index (χ3v) is 1.43. The molecule has 1 aromatic carbocycles. The predicted octanol–water partition coefficient (Wildman–Crippen LogP) is 2.82. The van der Waals surface area contributed by atoms with Crippen molar-refractivity contribution in [3.8, 4) is 11.8 Å². The first-order chi connectivity index (χ1) is 6.72. The van der Waals surface area contributed by atoms with Crippen LogP contribution in [0.4, 0.5) is 8.78 Å². The van der Waals surface area contributed by atoms with E-state index in [0.29, 0.717) is 5.56 Å². The highest BCUT2D eigenvalue weighted by molar-refractivity contribution is 5.53. The number of alkyl halides is 2. The van der Waals surface area contributed by atoms with Crippen LogP contribution in [0.3, 0.4) is 0 Å². The van der Waals surface area contributed by atoms with Crippen molar-refractivity contribution in [3.63, 3.8) is 0 Å². The summed E-state index contributed by atoms with van der Waals surface area (Å²) >= 11 is 0. The van der Waals surface area contributed by atoms with E-state index in [2.05, 4.69) is 4.74 Å². The van der Waals surface area contributed by atoms with Crippen molar-refractivity contribution in [3.05, 3.63) is 35.9 Å². The van der Waals surface area contributed by atoms with E-state index in [1.807, 2.05) is 0 Å². The Balaban J connectivity index is 2.80. The predicted molar refractivity (Wildman–Crippen MR) is 47.7 cm³/mol. The standard InChI is InChI=1S/C10H7F2NO/c11-10(12)14-9-5-1-3-8(7-9)4-2-6-13/h1-5,7,10H. The van der Waals surface area contributed by atoms with Gasteiger partial charge in [-0.15, -0.1) is 0 Å². The molecule has 0 heterocycles. The van der Waals surface area contributed by atoms with E-state index < -0.39 is 6.61 Å². The summed E-state index contributed by atoms with van der Waals surface area (Å²) in [4.78, 5) is 0. The molecule has 0 aliphatic carbocycles. The molecule has 0 radical (unpaired) electrons. The van der Waals surface area contributed by atoms with Gasteiger partial charge in [0.1, 0.15) is 5.75 Å². The molecule has 14 heavy (non-hydrogen) atoms. The molecule has 72 valence electrons. The molecule has 0 unspecified atom stereocenters. The lowest BCUT2D eigenvalue weighted by molar-refractivity contribution is -0.0498. The van der Waals surface area contributed by atoms with Crippen LogP contribution in [0.5, 0.6) is 5.75 Å². The lowest BCUT2D eigenvalue weighted by Crippen LogP contribution is -2.01. The van der Waals surface area contributed by atoms with Crippen molar-refractivity contribution < 1.29 is 13.5 Å². The summed E-state index contributed by atoms with van der Waals surface area (Å²) in [6, 6.07) is 7.93. The fourth-order valence-corrected chi connectivity index (χ4v) is 0.928. The van der Waals surface area contributed by atoms with Crippen LogP contribution in [0.1, 0.15) is 5.56 Å². The molecule has 0 bridgehead atoms. The van der Waals surface area contributed by atoms with E-state index in [-0.39, 0.29) is 5.75 Å². The number of nitriles is 1. The van der Waals surface area contributed by atoms with Crippen molar-refractivity contribution >= 4 is 6.08 Å². The van der Waals surface area contributed by atoms with Gasteiger partial charge in [0, 0.05) is 6.08 Å². The van der Waals surface area contributed by atoms with E-state index in [1.165, 1.54) is 24.3 Å². The first kappa shape index (κ1) is 10.2. The molecule has 1 rings (SSSR count). The van der Waals surface area contributed by atoms with Crippen LogP contribution in [0.15, 0.2) is 30.3 Å². The van der Waals surface area contributed by atoms with Crippen molar-refractivity contribution in [2.75, 3.05) is 0 Å². The lowest BCUT2D eigenvalue weighted by Gasteiger charge is -2.03. The molecule has 0 amide bonds. The summed E-state index contributed by atoms with van der Waals surface area (Å²) in [6.45, 7) is -2.83. The second-order valence-corrected chi connectivity index (χ2v) is 2.41. The summed E-state index contributed by atoms with van der Waals surface area (Å²) in [5, 5.41) is 8.25. The highest BCUT2D eigenvalue weighted by Crippen LogP contribution is 2.16. The van der Waals surface area contributed by atoms with Gasteiger partial charge >= 0.3 is 6.61 Å². The minimum atomic E-state index is -2.83. The molecular formula is C10H7F2NO. The molecule has 0 fully saturated rings. The molecule has 0 atom stereocenters. The maximum atomic E-state index is 11.8. The fraction of sp³-hybridized carbons (Fsp3) is 0.100. The maximum absolute atomic E-state index is 11.8. The molecule has 4 heteroatoms. The third-order valence-electron chi connectivity index (χ3n) is 1.43. The Hall–Kier alpha value is -1.89. The summed E-state index contributed by atoms with van der Waals surface area (Å²) in [5.74, 6) is 0.0834. The molecule has 0 aliphatic rings. The monoisotopic (exact) mass is 195 g/mol. The summed E-state index contributed by atoms with van der Waals surface area (Å²) in [7, 11) is 0. The second-order valence-electron chi connectivity index (χ2n) is 2.41. The Kier molecular flexibility index (Phi) is 3.62. The van der Waals surface area contributed by atoms with Crippen LogP contribution in [0.25, 0.3) is 6.08 Å². The SMILES string of the molecule is N#CC=Cc1cccc(OC(F)F)c1. The van der Waals surface area contributed by atoms with Crippen molar-refractivity contribution in [2.45, 2.75) is 6.61 Å². The quantitative estimate of drug-likeness (QED) is 0.695. The summed E-state index contributed by atoms with van der Waals surface area (Å²) in [5.41, 5.74) is 0.643. The fourth-order valence-electron chi connectivity index (χ4n) is 0.928. The van der Waals surface area contributed by atoms with Gasteiger partial charge in [0.05, 0.1) is 6.07 Å². The first-order valence-electron chi connectivity index (χ1n) is 3.83. The maximum Gasteiger partial charge on any atom is 0.387 e. The minimum Gasteiger partial charge on any atom is -0.435 e. The Morgan fingerprint density at radius 1 is 1.43 bits per heavy atom. The van der Waals surface area contributed by atoms with Gasteiger partial charge in [-0.25, -0.2) is 0 Å². The van der Waals surface area contributed by atoms with E-state index in [1.54, 1.807) is 18.2 Å². The average Bonchev–Trinajstić information content (AvgIpc) is 2.14. The van der Waals surface area contributed by atoms with Crippen molar-refractivity contribution in [1.29, 1.82) is 5.26 Å². The zero-order valence-electron chi connectivity index (χ0n) is 7.15. The number of rotatable bonds is 3. The number of hydrogen-bond donors (Lipinski definition) is 0. The molecule has 0 aliphatic heterocycles. The van der Waals surface area contributed by atoms with Crippen molar-refractivity contribution in [2.24, 2.45) is 0 Å². The van der Waals surface area contributed by atoms with E-state index in [9.17, 15) is 8.78 Å². The van der Waals surface area contributed by atoms with Crippen LogP contribution < -0.4 is 4.74 Å². The number of allylic oxidation sites excluding steroid dienone is 1. The van der Waals surface area contributed by atoms with Gasteiger partial charge in [0.15, 0.2) is 0 Å². The van der Waals surface area contributed by atoms with Gasteiger partial charge in [0.25, 0.3) is 0 Å². The highest BCUT2D eigenvalue weighted by atomic mass is 19.3. The molecule has 2 nitrogen and oxygen atoms in total. The van der Waals surface area contributed by atoms with Gasteiger partial charge in [0.2, 0.25) is 0 Å². The van der Waals surface area contributed by atoms with E-state index in [0.717, 1.165) is 0 Å². The van der Waals surface area contributed by atoms with Gasteiger partial charge in [-0.05, 0) is 23.8 Å². The van der Waals surface area contributed by atoms with Crippen molar-refractivity contribution in [1.82, 2.24) is 0 Å². The molecular weight excluding hydrogens is 188 g/mol. The summed E-state index contributed by atoms with van der Waals surface area (Å²) < 4.78 is 27.8. The topological polar surface area (TPSA) is 33.0 Å². The Morgan fingerprint density at radius 2 is 2.21 bits per heavy atom. The van der Waals surface area contributed by atoms with Crippen LogP contribution >= 0.6 is 0 Å². The smallest absolute Gasteiger partial charge is 0.387 e. The molecule has 0 spiro atoms. The Bertz CT molecular complexity index is 369. The molecule has 0 saturated carbocycles. The normalized spacial score (nSPS) is 10.4. The number of benzene rings is 1. The van der Waals surface area contributed by atoms with Gasteiger partial charge < -0.3 is 4.74 Å². The van der Waals surface area contributed by atoms with Gasteiger partial charge in [-0.3, -0.25) is 0 Å². The zero-order chi connectivity index (χ0) is 10.4. The van der Waals surface area contributed by atoms with Crippen LogP contribution in [-0.2, 0) is 0 Å². The molecule has 1 aromatic rings. The minimum absolute atomic E-state index is 0.0834. The van der Waals surface area contributed by atoms with Gasteiger partial charge in [-0.1, -0.05) is 12.1 Å². The third kappa shape index (κ3) is 3.23. The molecule has 0 aromatic heterocycles. The first-order valence-corrected chi connectivity index (χ1v) is 3.83. The van der Waals surface area contributed by atoms with Gasteiger partial charge in [-0.2, -0.15) is 14.0 Å². The molecule has 0 saturated heterocycles. The van der Waals surface area contributed by atoms with Crippen LogP contribution in [0.2, 0.25) is 0 Å². The Morgan fingerprint density at radius 3 is 2.86 bits per heavy atom. The average molecular weight is 195 g/mol. The Labute approximate surface area is 80.0 Å². The largest absolute Gasteiger partial charge is 0.435 e. The number of nitrogens with zero attached hydrogens (tertiary/aromatic N) is 1. The molecule has 0 N–H and O–H groups in total. The number of halogens is 2. The highest BCUT2D eigenvalue weighted by Gasteiger charge is 2.03. The van der Waals surface area contributed by atoms with E-state index >= 15 is 0 Å². The lowest BCUT2D eigenvalue weighted by atomic mass is 10.2. The van der Waals surface area contributed by atoms with Crippen LogP contribution in [0, 0.1) is 11.3 Å². The summed E-state index contributed by atoms with van der Waals surface area (Å²) in [6.07, 6.45) is 2.78. The zero-order valence-corrected chi connectivity index (χ0v) is 7.15.